The normalized spacial score (nSPS) is 13.7. The van der Waals surface area contributed by atoms with Gasteiger partial charge in [0, 0.05) is 26.1 Å². The van der Waals surface area contributed by atoms with Crippen LogP contribution in [0.25, 0.3) is 0 Å². The van der Waals surface area contributed by atoms with Crippen molar-refractivity contribution in [2.24, 2.45) is 0 Å². The lowest BCUT2D eigenvalue weighted by Crippen LogP contribution is -2.40. The summed E-state index contributed by atoms with van der Waals surface area (Å²) in [5, 5.41) is 7.82. The Hall–Kier alpha value is -0.940. The highest BCUT2D eigenvalue weighted by Crippen LogP contribution is 2.17. The molecule has 1 rings (SSSR count). The highest BCUT2D eigenvalue weighted by molar-refractivity contribution is 4.92. The van der Waals surface area contributed by atoms with Gasteiger partial charge in [-0.15, -0.1) is 0 Å². The zero-order chi connectivity index (χ0) is 14.3. The molecule has 1 heterocycles. The van der Waals surface area contributed by atoms with Gasteiger partial charge in [0.05, 0.1) is 5.60 Å². The summed E-state index contributed by atoms with van der Waals surface area (Å²) in [7, 11) is 1.77. The van der Waals surface area contributed by atoms with Crippen LogP contribution in [0.1, 0.15) is 46.4 Å². The average Bonchev–Trinajstić information content (AvgIpc) is 2.82. The highest BCUT2D eigenvalue weighted by Gasteiger charge is 2.23. The fourth-order valence-corrected chi connectivity index (χ4v) is 2.17. The van der Waals surface area contributed by atoms with Crippen molar-refractivity contribution in [2.75, 3.05) is 13.7 Å². The van der Waals surface area contributed by atoms with E-state index in [2.05, 4.69) is 43.1 Å². The van der Waals surface area contributed by atoms with E-state index in [-0.39, 0.29) is 5.60 Å². The Bertz CT molecular complexity index is 362. The molecule has 0 saturated heterocycles. The number of rotatable bonds is 9. The Labute approximate surface area is 116 Å². The van der Waals surface area contributed by atoms with Crippen LogP contribution in [0.2, 0.25) is 0 Å². The lowest BCUT2D eigenvalue weighted by Gasteiger charge is -2.29. The number of hydrogen-bond acceptors (Lipinski definition) is 4. The molecule has 1 aromatic heterocycles. The third-order valence-corrected chi connectivity index (χ3v) is 3.40. The van der Waals surface area contributed by atoms with Gasteiger partial charge in [-0.25, -0.2) is 4.98 Å². The van der Waals surface area contributed by atoms with Crippen LogP contribution in [0.4, 0.5) is 0 Å². The summed E-state index contributed by atoms with van der Waals surface area (Å²) in [5.41, 5.74) is -0.123. The predicted octanol–water partition coefficient (Wildman–Crippen LogP) is 2.02. The van der Waals surface area contributed by atoms with Crippen molar-refractivity contribution >= 4 is 0 Å². The second kappa shape index (κ2) is 7.60. The first kappa shape index (κ1) is 16.1. The summed E-state index contributed by atoms with van der Waals surface area (Å²) in [4.78, 5) is 4.36. The first-order valence-electron chi connectivity index (χ1n) is 7.17. The summed E-state index contributed by atoms with van der Waals surface area (Å²) in [6, 6.07) is 0.365. The van der Waals surface area contributed by atoms with E-state index in [1.807, 2.05) is 4.68 Å². The van der Waals surface area contributed by atoms with Gasteiger partial charge in [0.15, 0.2) is 0 Å². The van der Waals surface area contributed by atoms with E-state index in [1.54, 1.807) is 13.4 Å². The number of aromatic nitrogens is 3. The van der Waals surface area contributed by atoms with Crippen LogP contribution in [0.5, 0.6) is 0 Å². The summed E-state index contributed by atoms with van der Waals surface area (Å²) in [6.45, 7) is 10.4. The minimum Gasteiger partial charge on any atom is -0.379 e. The number of hydrogen-bond donors (Lipinski definition) is 1. The van der Waals surface area contributed by atoms with Gasteiger partial charge in [-0.1, -0.05) is 6.92 Å². The van der Waals surface area contributed by atoms with E-state index in [9.17, 15) is 0 Å². The molecule has 0 aliphatic carbocycles. The van der Waals surface area contributed by atoms with Crippen LogP contribution >= 0.6 is 0 Å². The number of methoxy groups -OCH3 is 1. The van der Waals surface area contributed by atoms with Crippen LogP contribution < -0.4 is 5.32 Å². The molecular weight excluding hydrogens is 240 g/mol. The van der Waals surface area contributed by atoms with E-state index < -0.39 is 0 Å². The molecule has 5 heteroatoms. The Morgan fingerprint density at radius 1 is 1.42 bits per heavy atom. The molecule has 0 bridgehead atoms. The summed E-state index contributed by atoms with van der Waals surface area (Å²) < 4.78 is 7.50. The summed E-state index contributed by atoms with van der Waals surface area (Å²) in [6.07, 6.45) is 4.61. The van der Waals surface area contributed by atoms with Gasteiger partial charge in [-0.2, -0.15) is 5.10 Å². The summed E-state index contributed by atoms with van der Waals surface area (Å²) in [5.74, 6) is 1.04. The van der Waals surface area contributed by atoms with Crippen LogP contribution in [0.3, 0.4) is 0 Å². The molecule has 1 aromatic rings. The second-order valence-electron chi connectivity index (χ2n) is 5.52. The van der Waals surface area contributed by atoms with Gasteiger partial charge in [-0.3, -0.25) is 4.68 Å². The Kier molecular flexibility index (Phi) is 6.45. The molecule has 0 fully saturated rings. The third kappa shape index (κ3) is 5.28. The van der Waals surface area contributed by atoms with Crippen molar-refractivity contribution < 1.29 is 4.74 Å². The zero-order valence-corrected chi connectivity index (χ0v) is 12.9. The fraction of sp³-hybridized carbons (Fsp3) is 0.857. The van der Waals surface area contributed by atoms with Gasteiger partial charge in [0.2, 0.25) is 0 Å². The van der Waals surface area contributed by atoms with Gasteiger partial charge in [0.25, 0.3) is 0 Å². The Morgan fingerprint density at radius 2 is 2.16 bits per heavy atom. The number of nitrogens with zero attached hydrogens (tertiary/aromatic N) is 3. The van der Waals surface area contributed by atoms with Gasteiger partial charge >= 0.3 is 0 Å². The number of nitrogens with one attached hydrogen (secondary N) is 1. The molecule has 1 N–H and O–H groups in total. The van der Waals surface area contributed by atoms with Crippen molar-refractivity contribution in [1.29, 1.82) is 0 Å². The van der Waals surface area contributed by atoms with E-state index in [4.69, 9.17) is 4.74 Å². The topological polar surface area (TPSA) is 52.0 Å². The van der Waals surface area contributed by atoms with E-state index in [0.717, 1.165) is 38.2 Å². The minimum atomic E-state index is -0.123. The Balaban J connectivity index is 2.68. The van der Waals surface area contributed by atoms with Crippen molar-refractivity contribution in [3.8, 4) is 0 Å². The molecule has 1 unspecified atom stereocenters. The lowest BCUT2D eigenvalue weighted by atomic mass is 9.96. The van der Waals surface area contributed by atoms with Crippen LogP contribution in [-0.2, 0) is 17.7 Å². The third-order valence-electron chi connectivity index (χ3n) is 3.40. The smallest absolute Gasteiger partial charge is 0.138 e. The number of ether oxygens (including phenoxy) is 1. The van der Waals surface area contributed by atoms with Crippen molar-refractivity contribution in [3.05, 3.63) is 12.2 Å². The van der Waals surface area contributed by atoms with Gasteiger partial charge in [0.1, 0.15) is 12.2 Å². The molecule has 110 valence electrons. The van der Waals surface area contributed by atoms with Crippen molar-refractivity contribution in [1.82, 2.24) is 20.1 Å². The maximum atomic E-state index is 5.54. The molecule has 5 nitrogen and oxygen atoms in total. The zero-order valence-electron chi connectivity index (χ0n) is 12.9. The standard InChI is InChI=1S/C14H28N4O/c1-6-8-15-12(10-14(3,4)19-5)9-13-16-11-17-18(13)7-2/h11-12,15H,6-10H2,1-5H3. The average molecular weight is 268 g/mol. The SMILES string of the molecule is CCCNC(Cc1ncnn1CC)CC(C)(C)OC. The molecule has 0 aliphatic heterocycles. The lowest BCUT2D eigenvalue weighted by molar-refractivity contribution is 0.00692. The molecule has 0 aromatic carbocycles. The minimum absolute atomic E-state index is 0.123. The van der Waals surface area contributed by atoms with E-state index in [1.165, 1.54) is 0 Å². The van der Waals surface area contributed by atoms with Gasteiger partial charge in [-0.05, 0) is 40.2 Å². The van der Waals surface area contributed by atoms with Crippen LogP contribution in [0, 0.1) is 0 Å². The molecule has 0 radical (unpaired) electrons. The maximum Gasteiger partial charge on any atom is 0.138 e. The van der Waals surface area contributed by atoms with Crippen LogP contribution in [-0.4, -0.2) is 40.1 Å². The molecule has 0 spiro atoms. The fourth-order valence-electron chi connectivity index (χ4n) is 2.17. The highest BCUT2D eigenvalue weighted by atomic mass is 16.5. The van der Waals surface area contributed by atoms with Crippen molar-refractivity contribution in [2.45, 2.75) is 65.1 Å². The first-order valence-corrected chi connectivity index (χ1v) is 7.17. The molecule has 0 amide bonds. The molecule has 0 aliphatic rings. The van der Waals surface area contributed by atoms with Gasteiger partial charge < -0.3 is 10.1 Å². The second-order valence-corrected chi connectivity index (χ2v) is 5.52. The van der Waals surface area contributed by atoms with Crippen LogP contribution in [0.15, 0.2) is 6.33 Å². The number of aryl methyl sites for hydroxylation is 1. The monoisotopic (exact) mass is 268 g/mol. The first-order chi connectivity index (χ1) is 9.02. The van der Waals surface area contributed by atoms with E-state index in [0.29, 0.717) is 6.04 Å². The molecule has 19 heavy (non-hydrogen) atoms. The maximum absolute atomic E-state index is 5.54. The largest absolute Gasteiger partial charge is 0.379 e. The summed E-state index contributed by atoms with van der Waals surface area (Å²) >= 11 is 0. The Morgan fingerprint density at radius 3 is 2.74 bits per heavy atom. The quantitative estimate of drug-likeness (QED) is 0.744. The molecular formula is C14H28N4O. The van der Waals surface area contributed by atoms with Crippen molar-refractivity contribution in [3.63, 3.8) is 0 Å². The molecule has 0 saturated carbocycles. The predicted molar refractivity (Wildman–Crippen MR) is 77.2 cm³/mol. The van der Waals surface area contributed by atoms with E-state index >= 15 is 0 Å². The molecule has 1 atom stereocenters.